The molecule has 1 amide bonds. The molecule has 0 unspecified atom stereocenters. The first-order valence-corrected chi connectivity index (χ1v) is 11.5. The van der Waals surface area contributed by atoms with Crippen molar-refractivity contribution in [1.82, 2.24) is 4.98 Å². The number of thiazole rings is 1. The van der Waals surface area contributed by atoms with E-state index in [4.69, 9.17) is 9.47 Å². The lowest BCUT2D eigenvalue weighted by molar-refractivity contribution is 0.0988. The van der Waals surface area contributed by atoms with E-state index in [0.717, 1.165) is 26.0 Å². The topological polar surface area (TPSA) is 64.0 Å². The first-order valence-electron chi connectivity index (χ1n) is 9.89. The number of carbonyl (C=O) groups is 1. The quantitative estimate of drug-likeness (QED) is 0.221. The number of nitrogens with zero attached hydrogens (tertiary/aromatic N) is 3. The molecule has 1 heterocycles. The summed E-state index contributed by atoms with van der Waals surface area (Å²) < 4.78 is 12.6. The zero-order valence-electron chi connectivity index (χ0n) is 17.5. The summed E-state index contributed by atoms with van der Waals surface area (Å²) >= 11 is 4.88. The number of hydrazone groups is 1. The first-order chi connectivity index (χ1) is 15.6. The second-order valence-corrected chi connectivity index (χ2v) is 8.63. The molecule has 0 radical (unpaired) electrons. The molecule has 0 spiro atoms. The van der Waals surface area contributed by atoms with Crippen LogP contribution in [-0.2, 0) is 0 Å². The average molecular weight is 510 g/mol. The van der Waals surface area contributed by atoms with Crippen LogP contribution in [0.4, 0.5) is 5.13 Å². The number of hydrogen-bond acceptors (Lipinski definition) is 6. The molecule has 4 aromatic rings. The summed E-state index contributed by atoms with van der Waals surface area (Å²) in [7, 11) is 1.62. The molecule has 6 nitrogen and oxygen atoms in total. The van der Waals surface area contributed by atoms with Crippen LogP contribution in [0.5, 0.6) is 11.5 Å². The van der Waals surface area contributed by atoms with Gasteiger partial charge in [-0.2, -0.15) is 10.1 Å². The molecule has 0 aliphatic carbocycles. The van der Waals surface area contributed by atoms with Crippen molar-refractivity contribution < 1.29 is 14.3 Å². The lowest BCUT2D eigenvalue weighted by Gasteiger charge is -2.14. The van der Waals surface area contributed by atoms with Crippen LogP contribution >= 0.6 is 27.3 Å². The van der Waals surface area contributed by atoms with Crippen LogP contribution in [0.15, 0.2) is 76.3 Å². The van der Waals surface area contributed by atoms with Gasteiger partial charge in [-0.25, -0.2) is 4.98 Å². The maximum atomic E-state index is 13.4. The van der Waals surface area contributed by atoms with Gasteiger partial charge < -0.3 is 9.47 Å². The second kappa shape index (κ2) is 9.93. The van der Waals surface area contributed by atoms with Gasteiger partial charge in [0.1, 0.15) is 11.5 Å². The Labute approximate surface area is 198 Å². The van der Waals surface area contributed by atoms with Crippen molar-refractivity contribution in [2.45, 2.75) is 6.92 Å². The third-order valence-corrected chi connectivity index (χ3v) is 6.05. The Morgan fingerprint density at radius 2 is 1.81 bits per heavy atom. The van der Waals surface area contributed by atoms with Gasteiger partial charge in [-0.1, -0.05) is 27.3 Å². The molecule has 0 fully saturated rings. The number of methoxy groups -OCH3 is 1. The van der Waals surface area contributed by atoms with Crippen molar-refractivity contribution in [3.63, 3.8) is 0 Å². The maximum absolute atomic E-state index is 13.4. The van der Waals surface area contributed by atoms with Crippen LogP contribution in [0.2, 0.25) is 0 Å². The van der Waals surface area contributed by atoms with Gasteiger partial charge >= 0.3 is 0 Å². The van der Waals surface area contributed by atoms with Gasteiger partial charge in [0.05, 0.1) is 30.1 Å². The number of hydrogen-bond donors (Lipinski definition) is 0. The standard InChI is InChI=1S/C24H20BrN3O3S/c1-3-31-20-11-6-17(7-12-20)23(29)28(26-15-16-4-9-19(30-2)10-5-16)24-27-21-13-8-18(25)14-22(21)32-24/h4-15H,3H2,1-2H3/b26-15+. The van der Waals surface area contributed by atoms with Gasteiger partial charge in [-0.15, -0.1) is 0 Å². The summed E-state index contributed by atoms with van der Waals surface area (Å²) in [4.78, 5) is 18.0. The zero-order valence-corrected chi connectivity index (χ0v) is 19.9. The van der Waals surface area contributed by atoms with E-state index in [2.05, 4.69) is 26.0 Å². The highest BCUT2D eigenvalue weighted by Crippen LogP contribution is 2.32. The van der Waals surface area contributed by atoms with Gasteiger partial charge in [0.15, 0.2) is 0 Å². The number of rotatable bonds is 7. The molecule has 8 heteroatoms. The fourth-order valence-corrected chi connectivity index (χ4v) is 4.44. The molecule has 0 bridgehead atoms. The molecule has 0 saturated heterocycles. The monoisotopic (exact) mass is 509 g/mol. The molecular formula is C24H20BrN3O3S. The predicted molar refractivity (Wildman–Crippen MR) is 132 cm³/mol. The van der Waals surface area contributed by atoms with E-state index < -0.39 is 0 Å². The SMILES string of the molecule is CCOc1ccc(C(=O)N(/N=C/c2ccc(OC)cc2)c2nc3ccc(Br)cc3s2)cc1. The van der Waals surface area contributed by atoms with Gasteiger partial charge in [0.25, 0.3) is 5.91 Å². The molecular weight excluding hydrogens is 490 g/mol. The van der Waals surface area contributed by atoms with E-state index >= 15 is 0 Å². The Bertz CT molecular complexity index is 1250. The van der Waals surface area contributed by atoms with Gasteiger partial charge in [0, 0.05) is 10.0 Å². The number of fused-ring (bicyclic) bond motifs is 1. The highest BCUT2D eigenvalue weighted by molar-refractivity contribution is 9.10. The highest BCUT2D eigenvalue weighted by Gasteiger charge is 2.21. The van der Waals surface area contributed by atoms with Crippen molar-refractivity contribution >= 4 is 54.7 Å². The van der Waals surface area contributed by atoms with Crippen molar-refractivity contribution in [2.24, 2.45) is 5.10 Å². The Hall–Kier alpha value is -3.23. The summed E-state index contributed by atoms with van der Waals surface area (Å²) in [5.41, 5.74) is 2.12. The van der Waals surface area contributed by atoms with Crippen LogP contribution < -0.4 is 14.5 Å². The molecule has 0 atom stereocenters. The summed E-state index contributed by atoms with van der Waals surface area (Å²) in [5.74, 6) is 1.18. The van der Waals surface area contributed by atoms with E-state index in [9.17, 15) is 4.79 Å². The normalized spacial score (nSPS) is 11.1. The second-order valence-electron chi connectivity index (χ2n) is 6.70. The summed E-state index contributed by atoms with van der Waals surface area (Å²) in [6.45, 7) is 2.48. The molecule has 0 aliphatic rings. The molecule has 1 aromatic heterocycles. The average Bonchev–Trinajstić information content (AvgIpc) is 3.23. The van der Waals surface area contributed by atoms with Crippen LogP contribution in [0, 0.1) is 0 Å². The number of benzene rings is 3. The molecule has 4 rings (SSSR count). The van der Waals surface area contributed by atoms with Crippen molar-refractivity contribution in [1.29, 1.82) is 0 Å². The van der Waals surface area contributed by atoms with Gasteiger partial charge in [-0.3, -0.25) is 4.79 Å². The summed E-state index contributed by atoms with van der Waals surface area (Å²) in [5, 5.41) is 6.31. The fourth-order valence-electron chi connectivity index (χ4n) is 2.96. The molecule has 162 valence electrons. The van der Waals surface area contributed by atoms with Crippen LogP contribution in [0.3, 0.4) is 0 Å². The minimum absolute atomic E-state index is 0.282. The third-order valence-electron chi connectivity index (χ3n) is 4.56. The maximum Gasteiger partial charge on any atom is 0.280 e. The molecule has 0 saturated carbocycles. The van der Waals surface area contributed by atoms with Gasteiger partial charge in [-0.05, 0) is 79.2 Å². The number of amides is 1. The predicted octanol–water partition coefficient (Wildman–Crippen LogP) is 6.15. The Kier molecular flexibility index (Phi) is 6.82. The van der Waals surface area contributed by atoms with E-state index in [1.165, 1.54) is 16.3 Å². The Morgan fingerprint density at radius 1 is 1.09 bits per heavy atom. The van der Waals surface area contributed by atoms with E-state index in [1.54, 1.807) is 37.6 Å². The van der Waals surface area contributed by atoms with Crippen LogP contribution in [0.1, 0.15) is 22.8 Å². The molecule has 0 N–H and O–H groups in total. The molecule has 0 aliphatic heterocycles. The van der Waals surface area contributed by atoms with Crippen LogP contribution in [-0.4, -0.2) is 30.8 Å². The Morgan fingerprint density at radius 3 is 2.50 bits per heavy atom. The van der Waals surface area contributed by atoms with Crippen molar-refractivity contribution in [2.75, 3.05) is 18.7 Å². The smallest absolute Gasteiger partial charge is 0.280 e. The van der Waals surface area contributed by atoms with Gasteiger partial charge in [0.2, 0.25) is 5.13 Å². The van der Waals surface area contributed by atoms with Crippen LogP contribution in [0.25, 0.3) is 10.2 Å². The lowest BCUT2D eigenvalue weighted by Crippen LogP contribution is -2.25. The first kappa shape index (κ1) is 22.0. The fraction of sp³-hybridized carbons (Fsp3) is 0.125. The zero-order chi connectivity index (χ0) is 22.5. The summed E-state index contributed by atoms with van der Waals surface area (Å²) in [6, 6.07) is 20.2. The lowest BCUT2D eigenvalue weighted by atomic mass is 10.2. The number of aromatic nitrogens is 1. The summed E-state index contributed by atoms with van der Waals surface area (Å²) in [6.07, 6.45) is 1.63. The van der Waals surface area contributed by atoms with E-state index in [-0.39, 0.29) is 5.91 Å². The van der Waals surface area contributed by atoms with Crippen molar-refractivity contribution in [3.05, 3.63) is 82.3 Å². The minimum Gasteiger partial charge on any atom is -0.497 e. The largest absolute Gasteiger partial charge is 0.497 e. The molecule has 3 aromatic carbocycles. The molecule has 32 heavy (non-hydrogen) atoms. The van der Waals surface area contributed by atoms with E-state index in [1.807, 2.05) is 49.4 Å². The number of ether oxygens (including phenoxy) is 2. The third kappa shape index (κ3) is 4.98. The van der Waals surface area contributed by atoms with E-state index in [0.29, 0.717) is 23.1 Å². The Balaban J connectivity index is 1.70. The highest BCUT2D eigenvalue weighted by atomic mass is 79.9. The minimum atomic E-state index is -0.282. The number of halogens is 1. The number of anilines is 1. The van der Waals surface area contributed by atoms with Crippen molar-refractivity contribution in [3.8, 4) is 11.5 Å². The number of carbonyl (C=O) groups excluding carboxylic acids is 1.